The van der Waals surface area contributed by atoms with E-state index in [9.17, 15) is 24.0 Å². The Bertz CT molecular complexity index is 1650. The number of hydrogen-bond donors (Lipinski definition) is 1. The Morgan fingerprint density at radius 3 is 1.55 bits per heavy atom. The van der Waals surface area contributed by atoms with Crippen molar-refractivity contribution in [2.75, 3.05) is 6.54 Å². The summed E-state index contributed by atoms with van der Waals surface area (Å²) in [7, 11) is 0. The molecule has 0 saturated heterocycles. The van der Waals surface area contributed by atoms with Crippen LogP contribution in [0.15, 0.2) is 23.3 Å². The molecule has 1 N–H and O–H groups in total. The zero-order valence-corrected chi connectivity index (χ0v) is 34.4. The molecule has 6 fully saturated rings. The maximum absolute atomic E-state index is 13.2. The first-order chi connectivity index (χ1) is 26.2. The lowest BCUT2D eigenvalue weighted by molar-refractivity contribution is -0.164. The van der Waals surface area contributed by atoms with Gasteiger partial charge in [0.05, 0.1) is 12.8 Å². The fraction of sp³-hybridized carbons (Fsp3) is 0.809. The predicted molar refractivity (Wildman–Crippen MR) is 209 cm³/mol. The van der Waals surface area contributed by atoms with Gasteiger partial charge in [-0.3, -0.25) is 24.0 Å². The van der Waals surface area contributed by atoms with Crippen LogP contribution in [0.2, 0.25) is 0 Å². The summed E-state index contributed by atoms with van der Waals surface area (Å²) in [5.41, 5.74) is 2.65. The van der Waals surface area contributed by atoms with Crippen molar-refractivity contribution < 1.29 is 33.4 Å². The Morgan fingerprint density at radius 2 is 1.07 bits per heavy atom. The minimum absolute atomic E-state index is 0.0326. The molecule has 8 heteroatoms. The molecule has 0 heterocycles. The third-order valence-electron chi connectivity index (χ3n) is 17.5. The molecule has 0 aromatic heterocycles. The number of allylic oxidation sites excluding steroid dienone is 2. The van der Waals surface area contributed by atoms with E-state index in [0.717, 1.165) is 64.2 Å². The number of fused-ring (bicyclic) bond motifs is 10. The fourth-order valence-electron chi connectivity index (χ4n) is 15.6. The highest BCUT2D eigenvalue weighted by Gasteiger charge is 2.62. The van der Waals surface area contributed by atoms with Gasteiger partial charge in [-0.05, 0) is 147 Å². The third kappa shape index (κ3) is 6.89. The summed E-state index contributed by atoms with van der Waals surface area (Å²) in [6.07, 6.45) is 15.2. The number of amides is 1. The number of carbonyl (C=O) groups excluding carboxylic acids is 5. The van der Waals surface area contributed by atoms with E-state index in [1.165, 1.54) is 11.1 Å². The molecule has 8 aliphatic rings. The first kappa shape index (κ1) is 39.1. The van der Waals surface area contributed by atoms with E-state index in [0.29, 0.717) is 95.4 Å². The lowest BCUT2D eigenvalue weighted by Crippen LogP contribution is -2.54. The van der Waals surface area contributed by atoms with Crippen molar-refractivity contribution in [3.05, 3.63) is 23.3 Å². The number of nitrogens with one attached hydrogen (secondary N) is 1. The van der Waals surface area contributed by atoms with E-state index in [2.05, 4.69) is 46.9 Å². The van der Waals surface area contributed by atoms with E-state index in [1.807, 2.05) is 12.2 Å². The molecule has 6 saturated carbocycles. The van der Waals surface area contributed by atoms with Gasteiger partial charge in [0.1, 0.15) is 12.2 Å². The van der Waals surface area contributed by atoms with Gasteiger partial charge in [0.15, 0.2) is 11.6 Å². The van der Waals surface area contributed by atoms with Gasteiger partial charge in [-0.1, -0.05) is 52.7 Å². The summed E-state index contributed by atoms with van der Waals surface area (Å²) in [6.45, 7) is 14.4. The fourth-order valence-corrected chi connectivity index (χ4v) is 15.6. The number of ether oxygens (including phenoxy) is 2. The Morgan fingerprint density at radius 1 is 0.618 bits per heavy atom. The predicted octanol–water partition coefficient (Wildman–Crippen LogP) is 8.36. The third-order valence-corrected chi connectivity index (χ3v) is 17.5. The maximum Gasteiger partial charge on any atom is 0.307 e. The van der Waals surface area contributed by atoms with Crippen molar-refractivity contribution in [2.24, 2.45) is 81.8 Å². The minimum Gasteiger partial charge on any atom is -0.462 e. The molecule has 0 aromatic carbocycles. The second kappa shape index (κ2) is 14.9. The van der Waals surface area contributed by atoms with Crippen LogP contribution in [-0.2, 0) is 33.4 Å². The summed E-state index contributed by atoms with van der Waals surface area (Å²) in [5, 5.41) is 2.85. The lowest BCUT2D eigenvalue weighted by atomic mass is 9.47. The van der Waals surface area contributed by atoms with Crippen LogP contribution in [-0.4, -0.2) is 48.2 Å². The van der Waals surface area contributed by atoms with Crippen LogP contribution < -0.4 is 5.32 Å². The number of ketones is 2. The van der Waals surface area contributed by atoms with Crippen LogP contribution in [0.3, 0.4) is 0 Å². The van der Waals surface area contributed by atoms with Crippen LogP contribution in [0.4, 0.5) is 0 Å². The summed E-state index contributed by atoms with van der Waals surface area (Å²) < 4.78 is 12.4. The molecule has 0 aromatic rings. The Kier molecular flexibility index (Phi) is 10.6. The molecule has 0 aliphatic heterocycles. The normalized spacial score (nSPS) is 45.7. The first-order valence-corrected chi connectivity index (χ1v) is 22.3. The van der Waals surface area contributed by atoms with Gasteiger partial charge in [-0.15, -0.1) is 0 Å². The van der Waals surface area contributed by atoms with Gasteiger partial charge >= 0.3 is 11.9 Å². The molecule has 0 spiro atoms. The molecule has 1 amide bonds. The van der Waals surface area contributed by atoms with Crippen molar-refractivity contribution in [2.45, 2.75) is 150 Å². The van der Waals surface area contributed by atoms with Gasteiger partial charge in [0, 0.05) is 36.6 Å². The number of hydrogen-bond acceptors (Lipinski definition) is 7. The monoisotopic (exact) mass is 757 g/mol. The Balaban J connectivity index is 0.787. The Labute approximate surface area is 329 Å². The summed E-state index contributed by atoms with van der Waals surface area (Å²) in [4.78, 5) is 63.6. The van der Waals surface area contributed by atoms with Crippen LogP contribution in [0.5, 0.6) is 0 Å². The van der Waals surface area contributed by atoms with Crippen LogP contribution >= 0.6 is 0 Å². The summed E-state index contributed by atoms with van der Waals surface area (Å²) >= 11 is 0. The van der Waals surface area contributed by atoms with E-state index < -0.39 is 0 Å². The van der Waals surface area contributed by atoms with Gasteiger partial charge in [-0.25, -0.2) is 0 Å². The minimum atomic E-state index is -0.312. The standard InChI is InChI=1S/C47H67NO7/c1-25-19-29-21-31(49)7-9-33(29)42-27(3)23-46(5)35(44(25)42)11-13-37(46)54-40(52)16-15-39(51)48-18-17-41(53)55-38-14-12-36-45-26(2)20-30-22-32(50)8-10-34(30)43(45)28(4)24-47(36,38)6/h21-22,25-28,33-38,42-45H,7-20,23-24H2,1-6H3,(H,48,51)/t25-,26-,27+,28+,33?,34?,35?,36?,37+,38+,42?,43?,44?,45?,46+,47+/m1/s1. The second-order valence-corrected chi connectivity index (χ2v) is 20.6. The molecular formula is C47H67NO7. The molecule has 55 heavy (non-hydrogen) atoms. The first-order valence-electron chi connectivity index (χ1n) is 22.3. The van der Waals surface area contributed by atoms with E-state index in [4.69, 9.17) is 9.47 Å². The van der Waals surface area contributed by atoms with Gasteiger partial charge < -0.3 is 14.8 Å². The highest BCUT2D eigenvalue weighted by molar-refractivity contribution is 5.92. The molecule has 0 bridgehead atoms. The zero-order chi connectivity index (χ0) is 39.0. The average molecular weight is 758 g/mol. The number of esters is 2. The van der Waals surface area contributed by atoms with Crippen molar-refractivity contribution in [3.8, 4) is 0 Å². The molecule has 8 rings (SSSR count). The van der Waals surface area contributed by atoms with Gasteiger partial charge in [0.25, 0.3) is 0 Å². The van der Waals surface area contributed by atoms with E-state index in [-0.39, 0.29) is 66.7 Å². The molecule has 8 nitrogen and oxygen atoms in total. The van der Waals surface area contributed by atoms with Crippen LogP contribution in [0.25, 0.3) is 0 Å². The van der Waals surface area contributed by atoms with E-state index in [1.54, 1.807) is 0 Å². The molecule has 0 radical (unpaired) electrons. The molecule has 16 atom stereocenters. The zero-order valence-electron chi connectivity index (χ0n) is 34.4. The number of rotatable bonds is 8. The van der Waals surface area contributed by atoms with Crippen LogP contribution in [0.1, 0.15) is 138 Å². The van der Waals surface area contributed by atoms with Crippen molar-refractivity contribution in [1.29, 1.82) is 0 Å². The van der Waals surface area contributed by atoms with Crippen LogP contribution in [0, 0.1) is 81.8 Å². The quantitative estimate of drug-likeness (QED) is 0.248. The van der Waals surface area contributed by atoms with E-state index >= 15 is 0 Å². The molecule has 8 unspecified atom stereocenters. The highest BCUT2D eigenvalue weighted by atomic mass is 16.5. The number of carbonyl (C=O) groups is 5. The van der Waals surface area contributed by atoms with Gasteiger partial charge in [-0.2, -0.15) is 0 Å². The molecule has 302 valence electrons. The van der Waals surface area contributed by atoms with Crippen molar-refractivity contribution >= 4 is 29.4 Å². The summed E-state index contributed by atoms with van der Waals surface area (Å²) in [5.74, 6) is 6.24. The second-order valence-electron chi connectivity index (χ2n) is 20.6. The van der Waals surface area contributed by atoms with Gasteiger partial charge in [0.2, 0.25) is 5.91 Å². The lowest BCUT2D eigenvalue weighted by Gasteiger charge is -2.58. The molecular weight excluding hydrogens is 691 g/mol. The highest BCUT2D eigenvalue weighted by Crippen LogP contribution is 2.67. The van der Waals surface area contributed by atoms with Crippen molar-refractivity contribution in [3.63, 3.8) is 0 Å². The topological polar surface area (TPSA) is 116 Å². The Hall–Kier alpha value is -2.77. The largest absolute Gasteiger partial charge is 0.462 e. The SMILES string of the molecule is C[C@@H]1CC2=CC(=O)CCC2C2C1C1CC[C@H](OC(=O)CCNC(=O)CCC(=O)O[C@H]3CCC4C5C(C6CCC(=O)C=C6C[C@H]5C)[C@@H](C)C[C@@]43C)[C@@]1(C)C[C@@H]2C. The smallest absolute Gasteiger partial charge is 0.307 e. The summed E-state index contributed by atoms with van der Waals surface area (Å²) in [6, 6.07) is 0. The molecule has 8 aliphatic carbocycles. The average Bonchev–Trinajstić information content (AvgIpc) is 3.61. The van der Waals surface area contributed by atoms with Crippen molar-refractivity contribution in [1.82, 2.24) is 5.32 Å². The maximum atomic E-state index is 13.2.